The number of hydrogen-bond donors (Lipinski definition) is 1. The number of ketones is 1. The van der Waals surface area contributed by atoms with E-state index in [0.717, 1.165) is 11.1 Å². The number of allylic oxidation sites excluding steroid dienone is 1. The van der Waals surface area contributed by atoms with Crippen LogP contribution in [0.4, 0.5) is 4.39 Å². The zero-order valence-electron chi connectivity index (χ0n) is 33.0. The summed E-state index contributed by atoms with van der Waals surface area (Å²) in [6.45, 7) is 14.5. The van der Waals surface area contributed by atoms with Gasteiger partial charge in [0.1, 0.15) is 23.0 Å². The van der Waals surface area contributed by atoms with Crippen molar-refractivity contribution in [2.75, 3.05) is 21.3 Å². The van der Waals surface area contributed by atoms with Crippen molar-refractivity contribution < 1.29 is 37.4 Å². The Bertz CT molecular complexity index is 1960. The molecule has 0 aliphatic heterocycles. The second kappa shape index (κ2) is 17.9. The van der Waals surface area contributed by atoms with Crippen LogP contribution < -0.4 is 14.8 Å². The van der Waals surface area contributed by atoms with Gasteiger partial charge in [0.2, 0.25) is 0 Å². The van der Waals surface area contributed by atoms with Crippen molar-refractivity contribution in [3.8, 4) is 33.8 Å². The zero-order valence-corrected chi connectivity index (χ0v) is 34.0. The molecule has 3 aromatic carbocycles. The quantitative estimate of drug-likeness (QED) is 0.0690. The lowest BCUT2D eigenvalue weighted by Gasteiger charge is -2.39. The minimum absolute atomic E-state index is 0.0467. The maximum absolute atomic E-state index is 14.5. The fourth-order valence-electron chi connectivity index (χ4n) is 6.07. The number of esters is 1. The maximum atomic E-state index is 14.5. The van der Waals surface area contributed by atoms with E-state index in [1.165, 1.54) is 25.3 Å². The number of amides is 1. The Morgan fingerprint density at radius 1 is 0.870 bits per heavy atom. The predicted molar refractivity (Wildman–Crippen MR) is 214 cm³/mol. The van der Waals surface area contributed by atoms with Gasteiger partial charge in [0.05, 0.1) is 39.5 Å². The molecule has 0 bridgehead atoms. The number of halogens is 1. The Morgan fingerprint density at radius 2 is 1.52 bits per heavy atom. The molecular formula is C43H53FN2O7Si. The van der Waals surface area contributed by atoms with Crippen LogP contribution in [0.25, 0.3) is 28.3 Å². The number of aromatic nitrogens is 1. The second-order valence-electron chi connectivity index (χ2n) is 15.0. The van der Waals surface area contributed by atoms with Gasteiger partial charge in [-0.15, -0.1) is 0 Å². The van der Waals surface area contributed by atoms with Gasteiger partial charge >= 0.3 is 5.97 Å². The highest BCUT2D eigenvalue weighted by Gasteiger charge is 2.40. The molecule has 288 valence electrons. The lowest BCUT2D eigenvalue weighted by molar-refractivity contribution is -0.142. The Hall–Kier alpha value is -5.00. The van der Waals surface area contributed by atoms with E-state index in [1.54, 1.807) is 44.6 Å². The average Bonchev–Trinajstić information content (AvgIpc) is 3.48. The molecule has 54 heavy (non-hydrogen) atoms. The van der Waals surface area contributed by atoms with Crippen LogP contribution in [0.5, 0.6) is 11.5 Å². The van der Waals surface area contributed by atoms with E-state index in [0.29, 0.717) is 39.6 Å². The van der Waals surface area contributed by atoms with E-state index < -0.39 is 26.2 Å². The molecule has 1 N–H and O–H groups in total. The zero-order chi connectivity index (χ0) is 39.8. The van der Waals surface area contributed by atoms with Crippen molar-refractivity contribution in [1.29, 1.82) is 0 Å². The molecule has 1 amide bonds. The van der Waals surface area contributed by atoms with E-state index in [2.05, 4.69) is 39.2 Å². The van der Waals surface area contributed by atoms with Gasteiger partial charge in [-0.2, -0.15) is 0 Å². The summed E-state index contributed by atoms with van der Waals surface area (Å²) in [5, 5.41) is 2.95. The minimum atomic E-state index is -2.36. The number of hydrogen-bond acceptors (Lipinski definition) is 7. The average molecular weight is 757 g/mol. The summed E-state index contributed by atoms with van der Waals surface area (Å²) < 4.78 is 38.7. The summed E-state index contributed by atoms with van der Waals surface area (Å²) in [7, 11) is 2.09. The maximum Gasteiger partial charge on any atom is 0.308 e. The van der Waals surface area contributed by atoms with Gasteiger partial charge < -0.3 is 28.5 Å². The summed E-state index contributed by atoms with van der Waals surface area (Å²) in [5.41, 5.74) is 4.44. The molecule has 0 saturated heterocycles. The predicted octanol–water partition coefficient (Wildman–Crippen LogP) is 9.42. The first-order valence-electron chi connectivity index (χ1n) is 18.0. The molecular weight excluding hydrogens is 704 g/mol. The van der Waals surface area contributed by atoms with Gasteiger partial charge in [-0.05, 0) is 79.5 Å². The first kappa shape index (κ1) is 41.7. The van der Waals surface area contributed by atoms with Crippen molar-refractivity contribution in [3.63, 3.8) is 0 Å². The van der Waals surface area contributed by atoms with Crippen LogP contribution in [0.3, 0.4) is 0 Å². The molecule has 0 aliphatic carbocycles. The van der Waals surface area contributed by atoms with Crippen molar-refractivity contribution >= 4 is 32.1 Å². The van der Waals surface area contributed by atoms with Crippen molar-refractivity contribution in [3.05, 3.63) is 102 Å². The monoisotopic (exact) mass is 756 g/mol. The van der Waals surface area contributed by atoms with Gasteiger partial charge in [0.25, 0.3) is 5.91 Å². The minimum Gasteiger partial charge on any atom is -0.497 e. The summed E-state index contributed by atoms with van der Waals surface area (Å²) >= 11 is 0. The molecule has 0 aliphatic rings. The standard InChI is InChI=1S/C43H53FN2O7Si/c1-28(2)46-36(23-21-33(47)24-35(26-38(48)52-8)53-54(9,10)43(3,4)5)39(30-16-19-32(44)20-17-30)40(29-14-12-11-13-15-29)41(46)42(49)45-27-31-18-22-34(50-6)25-37(31)51-7/h11-23,25,28,35H,24,26-27H2,1-10H3,(H,45,49)/b23-21+/t35-/m1/s1. The molecule has 11 heteroatoms. The summed E-state index contributed by atoms with van der Waals surface area (Å²) in [4.78, 5) is 40.8. The van der Waals surface area contributed by atoms with Gasteiger partial charge in [-0.25, -0.2) is 4.39 Å². The van der Waals surface area contributed by atoms with Gasteiger partial charge in [0, 0.05) is 41.8 Å². The Kier molecular flexibility index (Phi) is 13.8. The first-order chi connectivity index (χ1) is 25.5. The van der Waals surface area contributed by atoms with Crippen LogP contribution in [-0.2, 0) is 25.3 Å². The third-order valence-corrected chi connectivity index (χ3v) is 14.4. The fourth-order valence-corrected chi connectivity index (χ4v) is 7.42. The van der Waals surface area contributed by atoms with Crippen LogP contribution in [0.15, 0.2) is 78.9 Å². The number of benzene rings is 3. The summed E-state index contributed by atoms with van der Waals surface area (Å²) in [6, 6.07) is 20.8. The van der Waals surface area contributed by atoms with E-state index >= 15 is 0 Å². The molecule has 1 heterocycles. The molecule has 0 unspecified atom stereocenters. The SMILES string of the molecule is COC(=O)C[C@@H](CC(=O)/C=C/c1c(-c2ccc(F)cc2)c(-c2ccccc2)c(C(=O)NCc2ccc(OC)cc2OC)n1C(C)C)O[Si](C)(C)C(C)(C)C. The molecule has 1 atom stereocenters. The van der Waals surface area contributed by atoms with Crippen LogP contribution in [-0.4, -0.2) is 58.0 Å². The molecule has 4 aromatic rings. The number of rotatable bonds is 16. The molecule has 0 fully saturated rings. The van der Waals surface area contributed by atoms with E-state index in [9.17, 15) is 18.8 Å². The highest BCUT2D eigenvalue weighted by Crippen LogP contribution is 2.43. The highest BCUT2D eigenvalue weighted by molar-refractivity contribution is 6.74. The summed E-state index contributed by atoms with van der Waals surface area (Å²) in [5.74, 6) is -0.285. The summed E-state index contributed by atoms with van der Waals surface area (Å²) in [6.07, 6.45) is 2.39. The molecule has 1 aromatic heterocycles. The van der Waals surface area contributed by atoms with Crippen LogP contribution in [0.1, 0.15) is 75.2 Å². The van der Waals surface area contributed by atoms with Crippen LogP contribution in [0, 0.1) is 5.82 Å². The molecule has 9 nitrogen and oxygen atoms in total. The molecule has 0 radical (unpaired) electrons. The number of carbonyl (C=O) groups excluding carboxylic acids is 3. The Balaban J connectivity index is 1.88. The van der Waals surface area contributed by atoms with Crippen molar-refractivity contribution in [1.82, 2.24) is 9.88 Å². The Morgan fingerprint density at radius 3 is 2.09 bits per heavy atom. The normalized spacial score (nSPS) is 12.5. The van der Waals surface area contributed by atoms with E-state index in [1.807, 2.05) is 54.8 Å². The van der Waals surface area contributed by atoms with Gasteiger partial charge in [-0.3, -0.25) is 14.4 Å². The number of methoxy groups -OCH3 is 3. The van der Waals surface area contributed by atoms with Crippen molar-refractivity contribution in [2.24, 2.45) is 0 Å². The van der Waals surface area contributed by atoms with Crippen LogP contribution in [0.2, 0.25) is 18.1 Å². The fraction of sp³-hybridized carbons (Fsp3) is 0.372. The molecule has 0 spiro atoms. The number of ether oxygens (including phenoxy) is 3. The Labute approximate surface area is 319 Å². The van der Waals surface area contributed by atoms with E-state index in [4.69, 9.17) is 18.6 Å². The highest BCUT2D eigenvalue weighted by atomic mass is 28.4. The van der Waals surface area contributed by atoms with Crippen molar-refractivity contribution in [2.45, 2.75) is 84.3 Å². The topological polar surface area (TPSA) is 105 Å². The third kappa shape index (κ3) is 9.94. The smallest absolute Gasteiger partial charge is 0.308 e. The second-order valence-corrected chi connectivity index (χ2v) is 19.7. The third-order valence-electron chi connectivity index (χ3n) is 9.85. The molecule has 0 saturated carbocycles. The number of nitrogens with zero attached hydrogens (tertiary/aromatic N) is 1. The first-order valence-corrected chi connectivity index (χ1v) is 21.0. The van der Waals surface area contributed by atoms with Gasteiger partial charge in [0.15, 0.2) is 14.1 Å². The number of carbonyl (C=O) groups is 3. The largest absolute Gasteiger partial charge is 0.497 e. The van der Waals surface area contributed by atoms with Gasteiger partial charge in [-0.1, -0.05) is 63.2 Å². The van der Waals surface area contributed by atoms with Crippen LogP contribution >= 0.6 is 0 Å². The number of nitrogens with one attached hydrogen (secondary N) is 1. The molecule has 4 rings (SSSR count). The lowest BCUT2D eigenvalue weighted by Crippen LogP contribution is -2.44. The van der Waals surface area contributed by atoms with E-state index in [-0.39, 0.29) is 42.2 Å². The lowest BCUT2D eigenvalue weighted by atomic mass is 9.94.